The second kappa shape index (κ2) is 6.84. The van der Waals surface area contributed by atoms with Crippen molar-refractivity contribution in [1.29, 1.82) is 0 Å². The number of rotatable bonds is 5. The van der Waals surface area contributed by atoms with E-state index in [4.69, 9.17) is 21.4 Å². The van der Waals surface area contributed by atoms with Crippen LogP contribution in [0.15, 0.2) is 18.2 Å². The van der Waals surface area contributed by atoms with Crippen LogP contribution in [0.2, 0.25) is 5.02 Å². The van der Waals surface area contributed by atoms with Crippen LogP contribution in [0.3, 0.4) is 0 Å². The first-order valence-electron chi connectivity index (χ1n) is 6.44. The van der Waals surface area contributed by atoms with E-state index in [-0.39, 0.29) is 18.2 Å². The molecule has 1 saturated heterocycles. The fourth-order valence-electron chi connectivity index (χ4n) is 2.28. The summed E-state index contributed by atoms with van der Waals surface area (Å²) in [5.41, 5.74) is 0.673. The van der Waals surface area contributed by atoms with Gasteiger partial charge in [-0.3, -0.25) is 19.8 Å². The summed E-state index contributed by atoms with van der Waals surface area (Å²) in [5.74, 6) is -0.884. The molecule has 1 aromatic rings. The normalized spacial score (nSPS) is 19.4. The van der Waals surface area contributed by atoms with Crippen molar-refractivity contribution in [3.63, 3.8) is 0 Å². The summed E-state index contributed by atoms with van der Waals surface area (Å²) in [6, 6.07) is 4.09. The molecule has 1 heterocycles. The third-order valence-electron chi connectivity index (χ3n) is 3.38. The lowest BCUT2D eigenvalue weighted by molar-refractivity contribution is -0.384. The van der Waals surface area contributed by atoms with Crippen LogP contribution >= 0.6 is 11.6 Å². The number of carboxylic acid groups (broad SMARTS) is 1. The van der Waals surface area contributed by atoms with Crippen molar-refractivity contribution in [2.24, 2.45) is 0 Å². The summed E-state index contributed by atoms with van der Waals surface area (Å²) >= 11 is 6.07. The fraction of sp³-hybridized carbons (Fsp3) is 0.462. The molecule has 21 heavy (non-hydrogen) atoms. The molecule has 0 saturated carbocycles. The number of hydrogen-bond donors (Lipinski definition) is 1. The smallest absolute Gasteiger partial charge is 0.305 e. The Balaban J connectivity index is 2.11. The van der Waals surface area contributed by atoms with Gasteiger partial charge in [-0.05, 0) is 11.6 Å². The summed E-state index contributed by atoms with van der Waals surface area (Å²) < 4.78 is 5.30. The largest absolute Gasteiger partial charge is 0.481 e. The maximum Gasteiger partial charge on any atom is 0.305 e. The first-order chi connectivity index (χ1) is 9.97. The van der Waals surface area contributed by atoms with E-state index in [9.17, 15) is 14.9 Å². The van der Waals surface area contributed by atoms with E-state index in [1.54, 1.807) is 6.07 Å². The molecule has 8 heteroatoms. The number of nitro groups is 1. The molecular weight excluding hydrogens is 300 g/mol. The van der Waals surface area contributed by atoms with Crippen molar-refractivity contribution >= 4 is 23.3 Å². The highest BCUT2D eigenvalue weighted by Crippen LogP contribution is 2.25. The molecule has 0 bridgehead atoms. The molecule has 0 radical (unpaired) electrons. The zero-order valence-electron chi connectivity index (χ0n) is 11.2. The highest BCUT2D eigenvalue weighted by atomic mass is 35.5. The van der Waals surface area contributed by atoms with Crippen LogP contribution < -0.4 is 0 Å². The third kappa shape index (κ3) is 4.13. The van der Waals surface area contributed by atoms with Crippen molar-refractivity contribution in [1.82, 2.24) is 4.90 Å². The van der Waals surface area contributed by atoms with Gasteiger partial charge in [0, 0.05) is 31.3 Å². The van der Waals surface area contributed by atoms with Gasteiger partial charge in [-0.1, -0.05) is 11.6 Å². The number of halogens is 1. The van der Waals surface area contributed by atoms with Gasteiger partial charge in [0.05, 0.1) is 29.6 Å². The number of nitro benzene ring substituents is 1. The number of carboxylic acids is 1. The SMILES string of the molecule is O=C(O)CC1COCCN1Cc1ccc([N+](=O)[O-])cc1Cl. The Labute approximate surface area is 126 Å². The molecule has 1 atom stereocenters. The van der Waals surface area contributed by atoms with Crippen LogP contribution in [-0.4, -0.2) is 46.7 Å². The molecule has 0 aromatic heterocycles. The molecular formula is C13H15ClN2O5. The Morgan fingerprint density at radius 2 is 2.33 bits per heavy atom. The van der Waals surface area contributed by atoms with Crippen LogP contribution in [-0.2, 0) is 16.1 Å². The van der Waals surface area contributed by atoms with Gasteiger partial charge in [-0.25, -0.2) is 0 Å². The molecule has 0 spiro atoms. The molecule has 1 unspecified atom stereocenters. The Hall–Kier alpha value is -1.70. The molecule has 7 nitrogen and oxygen atoms in total. The molecule has 1 aromatic carbocycles. The molecule has 2 rings (SSSR count). The lowest BCUT2D eigenvalue weighted by Crippen LogP contribution is -2.45. The minimum absolute atomic E-state index is 0.00933. The molecule has 1 N–H and O–H groups in total. The van der Waals surface area contributed by atoms with Gasteiger partial charge in [0.15, 0.2) is 0 Å². The average Bonchev–Trinajstić information content (AvgIpc) is 2.42. The highest BCUT2D eigenvalue weighted by Gasteiger charge is 2.26. The maximum absolute atomic E-state index is 10.9. The lowest BCUT2D eigenvalue weighted by Gasteiger charge is -2.34. The number of aliphatic carboxylic acids is 1. The van der Waals surface area contributed by atoms with Gasteiger partial charge in [0.1, 0.15) is 0 Å². The fourth-order valence-corrected chi connectivity index (χ4v) is 2.52. The summed E-state index contributed by atoms with van der Waals surface area (Å²) in [4.78, 5) is 23.0. The van der Waals surface area contributed by atoms with Gasteiger partial charge >= 0.3 is 5.97 Å². The van der Waals surface area contributed by atoms with Crippen LogP contribution in [0.4, 0.5) is 5.69 Å². The molecule has 1 fully saturated rings. The third-order valence-corrected chi connectivity index (χ3v) is 3.73. The van der Waals surface area contributed by atoms with Crippen molar-refractivity contribution in [2.45, 2.75) is 19.0 Å². The van der Waals surface area contributed by atoms with Gasteiger partial charge < -0.3 is 9.84 Å². The number of non-ortho nitro benzene ring substituents is 1. The number of hydrogen-bond acceptors (Lipinski definition) is 5. The van der Waals surface area contributed by atoms with E-state index in [0.29, 0.717) is 31.3 Å². The summed E-state index contributed by atoms with van der Waals surface area (Å²) in [6.45, 7) is 1.93. The zero-order chi connectivity index (χ0) is 15.4. The second-order valence-corrected chi connectivity index (χ2v) is 5.24. The van der Waals surface area contributed by atoms with Crippen molar-refractivity contribution in [3.8, 4) is 0 Å². The maximum atomic E-state index is 10.9. The molecule has 1 aliphatic rings. The highest BCUT2D eigenvalue weighted by molar-refractivity contribution is 6.31. The van der Waals surface area contributed by atoms with Gasteiger partial charge in [-0.15, -0.1) is 0 Å². The predicted octanol–water partition coefficient (Wildman–Crippen LogP) is 1.92. The standard InChI is InChI=1S/C13H15ClN2O5/c14-12-5-10(16(19)20)2-1-9(12)7-15-3-4-21-8-11(15)6-13(17)18/h1-2,5,11H,3-4,6-8H2,(H,17,18). The van der Waals surface area contributed by atoms with Gasteiger partial charge in [0.2, 0.25) is 0 Å². The van der Waals surface area contributed by atoms with Crippen LogP contribution in [0.5, 0.6) is 0 Å². The van der Waals surface area contributed by atoms with Gasteiger partial charge in [0.25, 0.3) is 5.69 Å². The van der Waals surface area contributed by atoms with Crippen molar-refractivity contribution in [3.05, 3.63) is 38.9 Å². The quantitative estimate of drug-likeness (QED) is 0.659. The monoisotopic (exact) mass is 314 g/mol. The first-order valence-corrected chi connectivity index (χ1v) is 6.81. The van der Waals surface area contributed by atoms with Crippen molar-refractivity contribution in [2.75, 3.05) is 19.8 Å². The summed E-state index contributed by atoms with van der Waals surface area (Å²) in [7, 11) is 0. The first kappa shape index (κ1) is 15.7. The molecule has 0 amide bonds. The number of ether oxygens (including phenoxy) is 1. The van der Waals surface area contributed by atoms with E-state index < -0.39 is 10.9 Å². The Bertz CT molecular complexity index is 551. The van der Waals surface area contributed by atoms with E-state index in [0.717, 1.165) is 5.56 Å². The Kier molecular flexibility index (Phi) is 5.11. The average molecular weight is 315 g/mol. The number of morpholine rings is 1. The topological polar surface area (TPSA) is 92.9 Å². The van der Waals surface area contributed by atoms with E-state index in [1.165, 1.54) is 12.1 Å². The van der Waals surface area contributed by atoms with Crippen molar-refractivity contribution < 1.29 is 19.6 Å². The van der Waals surface area contributed by atoms with Crippen LogP contribution in [0.25, 0.3) is 0 Å². The number of nitrogens with zero attached hydrogens (tertiary/aromatic N) is 2. The minimum Gasteiger partial charge on any atom is -0.481 e. The van der Waals surface area contributed by atoms with E-state index >= 15 is 0 Å². The number of carbonyl (C=O) groups is 1. The Morgan fingerprint density at radius 1 is 1.57 bits per heavy atom. The van der Waals surface area contributed by atoms with Gasteiger partial charge in [-0.2, -0.15) is 0 Å². The molecule has 1 aliphatic heterocycles. The minimum atomic E-state index is -0.884. The molecule has 114 valence electrons. The summed E-state index contributed by atoms with van der Waals surface area (Å²) in [5, 5.41) is 19.9. The number of benzene rings is 1. The van der Waals surface area contributed by atoms with Crippen LogP contribution in [0, 0.1) is 10.1 Å². The Morgan fingerprint density at radius 3 is 2.95 bits per heavy atom. The molecule has 0 aliphatic carbocycles. The van der Waals surface area contributed by atoms with E-state index in [1.807, 2.05) is 4.90 Å². The lowest BCUT2D eigenvalue weighted by atomic mass is 10.1. The zero-order valence-corrected chi connectivity index (χ0v) is 12.0. The van der Waals surface area contributed by atoms with Crippen LogP contribution in [0.1, 0.15) is 12.0 Å². The second-order valence-electron chi connectivity index (χ2n) is 4.83. The predicted molar refractivity (Wildman–Crippen MR) is 75.4 cm³/mol. The summed E-state index contributed by atoms with van der Waals surface area (Å²) in [6.07, 6.45) is -0.00933. The van der Waals surface area contributed by atoms with E-state index in [2.05, 4.69) is 0 Å².